The Hall–Kier alpha value is -1.77. The molecule has 0 aliphatic heterocycles. The summed E-state index contributed by atoms with van der Waals surface area (Å²) >= 11 is 0. The molecule has 272 valence electrons. The summed E-state index contributed by atoms with van der Waals surface area (Å²) in [5.74, 6) is -0.0114. The largest absolute Gasteiger partial charge is 0.481 e. The summed E-state index contributed by atoms with van der Waals surface area (Å²) in [6, 6.07) is 0. The molecule has 5 rings (SSSR count). The predicted molar refractivity (Wildman–Crippen MR) is 186 cm³/mol. The maximum Gasteiger partial charge on any atom is 0.309 e. The number of carboxylic acids is 1. The Morgan fingerprint density at radius 1 is 0.896 bits per heavy atom. The Balaban J connectivity index is 1.44. The number of fused-ring (bicyclic) bond motifs is 7. The lowest BCUT2D eigenvalue weighted by Crippen LogP contribution is -2.66. The molecule has 0 aromatic carbocycles. The van der Waals surface area contributed by atoms with Gasteiger partial charge in [-0.1, -0.05) is 54.0 Å². The summed E-state index contributed by atoms with van der Waals surface area (Å²) in [5, 5.41) is 34.6. The van der Waals surface area contributed by atoms with Gasteiger partial charge in [0, 0.05) is 30.3 Å². The minimum atomic E-state index is -1.16. The van der Waals surface area contributed by atoms with Crippen molar-refractivity contribution in [1.82, 2.24) is 5.32 Å². The van der Waals surface area contributed by atoms with Crippen molar-refractivity contribution in [3.63, 3.8) is 0 Å². The molecule has 0 saturated heterocycles. The van der Waals surface area contributed by atoms with Crippen LogP contribution < -0.4 is 5.32 Å². The molecule has 0 bridgehead atoms. The summed E-state index contributed by atoms with van der Waals surface area (Å²) in [6.45, 7) is 22.0. The van der Waals surface area contributed by atoms with Gasteiger partial charge in [0.2, 0.25) is 0 Å². The molecule has 0 aromatic rings. The zero-order valence-corrected chi connectivity index (χ0v) is 31.5. The molecular formula is C40H65NO7. The highest BCUT2D eigenvalue weighted by Crippen LogP contribution is 2.77. The molecule has 5 aliphatic carbocycles. The van der Waals surface area contributed by atoms with Gasteiger partial charge >= 0.3 is 11.9 Å². The molecule has 0 radical (unpaired) electrons. The maximum absolute atomic E-state index is 13.8. The number of ether oxygens (including phenoxy) is 1. The Morgan fingerprint density at radius 3 is 2.17 bits per heavy atom. The van der Waals surface area contributed by atoms with Crippen LogP contribution in [0.4, 0.5) is 0 Å². The lowest BCUT2D eigenvalue weighted by atomic mass is 9.33. The smallest absolute Gasteiger partial charge is 0.309 e. The highest BCUT2D eigenvalue weighted by Gasteiger charge is 2.70. The number of carbonyl (C=O) groups excluding carboxylic acids is 2. The van der Waals surface area contributed by atoms with E-state index in [0.29, 0.717) is 31.3 Å². The van der Waals surface area contributed by atoms with E-state index in [9.17, 15) is 29.7 Å². The van der Waals surface area contributed by atoms with Crippen LogP contribution >= 0.6 is 0 Å². The number of Topliss-reactive ketones (excluding diaryl/α,β-unsaturated/α-hetero) is 1. The highest BCUT2D eigenvalue weighted by atomic mass is 16.5. The van der Waals surface area contributed by atoms with Gasteiger partial charge in [0.05, 0.1) is 24.0 Å². The van der Waals surface area contributed by atoms with Gasteiger partial charge in [-0.15, -0.1) is 0 Å². The van der Waals surface area contributed by atoms with Crippen molar-refractivity contribution in [2.45, 2.75) is 152 Å². The summed E-state index contributed by atoms with van der Waals surface area (Å²) < 4.78 is 6.14. The Labute approximate surface area is 289 Å². The van der Waals surface area contributed by atoms with Crippen molar-refractivity contribution in [3.05, 3.63) is 11.1 Å². The van der Waals surface area contributed by atoms with Crippen LogP contribution in [0.1, 0.15) is 133 Å². The molecule has 4 fully saturated rings. The fourth-order valence-electron chi connectivity index (χ4n) is 12.5. The van der Waals surface area contributed by atoms with E-state index < -0.39 is 35.0 Å². The van der Waals surface area contributed by atoms with Gasteiger partial charge < -0.3 is 25.4 Å². The van der Waals surface area contributed by atoms with Crippen molar-refractivity contribution in [1.29, 1.82) is 0 Å². The number of hydrogen-bond acceptors (Lipinski definition) is 7. The number of aliphatic hydroxyl groups excluding tert-OH is 2. The quantitative estimate of drug-likeness (QED) is 0.188. The number of carboxylic acid groups (broad SMARTS) is 1. The predicted octanol–water partition coefficient (Wildman–Crippen LogP) is 6.71. The van der Waals surface area contributed by atoms with Crippen molar-refractivity contribution < 1.29 is 34.4 Å². The third-order valence-electron chi connectivity index (χ3n) is 15.3. The number of aliphatic carboxylic acids is 1. The maximum atomic E-state index is 13.8. The van der Waals surface area contributed by atoms with Crippen LogP contribution in [0, 0.1) is 56.2 Å². The summed E-state index contributed by atoms with van der Waals surface area (Å²) in [6.07, 6.45) is 6.54. The molecule has 4 saturated carbocycles. The van der Waals surface area contributed by atoms with Crippen LogP contribution in [0.25, 0.3) is 0 Å². The second-order valence-electron chi connectivity index (χ2n) is 19.1. The first kappa shape index (κ1) is 37.5. The van der Waals surface area contributed by atoms with Crippen LogP contribution in [-0.2, 0) is 19.1 Å². The van der Waals surface area contributed by atoms with Crippen molar-refractivity contribution in [2.75, 3.05) is 13.1 Å². The van der Waals surface area contributed by atoms with Gasteiger partial charge in [0.25, 0.3) is 0 Å². The Kier molecular flexibility index (Phi) is 9.74. The number of esters is 1. The molecule has 0 amide bonds. The van der Waals surface area contributed by atoms with Crippen LogP contribution in [-0.4, -0.2) is 64.4 Å². The topological polar surface area (TPSA) is 133 Å². The molecule has 8 nitrogen and oxygen atoms in total. The van der Waals surface area contributed by atoms with Crippen molar-refractivity contribution in [2.24, 2.45) is 56.2 Å². The molecule has 0 spiro atoms. The van der Waals surface area contributed by atoms with Crippen LogP contribution in [0.2, 0.25) is 0 Å². The number of rotatable bonds is 10. The third-order valence-corrected chi connectivity index (χ3v) is 15.3. The highest BCUT2D eigenvalue weighted by molar-refractivity contribution is 6.00. The fraction of sp³-hybridized carbons (Fsp3) is 0.875. The summed E-state index contributed by atoms with van der Waals surface area (Å²) in [5.41, 5.74) is 0.369. The molecule has 0 heterocycles. The number of allylic oxidation sites excluding steroid dienone is 1. The number of aliphatic hydroxyl groups is 2. The second-order valence-corrected chi connectivity index (χ2v) is 19.1. The van der Waals surface area contributed by atoms with Crippen molar-refractivity contribution in [3.8, 4) is 0 Å². The first-order valence-corrected chi connectivity index (χ1v) is 18.9. The average molecular weight is 672 g/mol. The number of nitrogens with one attached hydrogen (secondary N) is 1. The molecule has 10 atom stereocenters. The Bertz CT molecular complexity index is 1330. The molecule has 8 heteroatoms. The van der Waals surface area contributed by atoms with Gasteiger partial charge in [-0.3, -0.25) is 14.4 Å². The van der Waals surface area contributed by atoms with Crippen molar-refractivity contribution >= 4 is 17.7 Å². The van der Waals surface area contributed by atoms with Gasteiger partial charge in [0.15, 0.2) is 5.78 Å². The lowest BCUT2D eigenvalue weighted by Gasteiger charge is -2.72. The minimum Gasteiger partial charge on any atom is -0.481 e. The third kappa shape index (κ3) is 5.62. The molecule has 0 aromatic heterocycles. The SMILES string of the molecule is CC(C)C1=C2[C@H]3CC[C@@H]4[C@@]5(C)CC[C@H](OC(=O)CC(C)(C)C(=O)O)C(C)(C)[C@@H]5CC[C@@]4(C)[C@]3(C)CC[C@@]2([C@H](O)CNC[C@H](C)O)CC1=O. The molecule has 4 N–H and O–H groups in total. The summed E-state index contributed by atoms with van der Waals surface area (Å²) in [7, 11) is 0. The van der Waals surface area contributed by atoms with Crippen LogP contribution in [0.3, 0.4) is 0 Å². The summed E-state index contributed by atoms with van der Waals surface area (Å²) in [4.78, 5) is 38.6. The lowest BCUT2D eigenvalue weighted by molar-refractivity contribution is -0.235. The van der Waals surface area contributed by atoms with E-state index in [1.54, 1.807) is 20.8 Å². The number of carbonyl (C=O) groups is 3. The molecule has 0 unspecified atom stereocenters. The van der Waals surface area contributed by atoms with Gasteiger partial charge in [-0.05, 0) is 118 Å². The molecule has 5 aliphatic rings. The normalized spacial score (nSPS) is 40.4. The average Bonchev–Trinajstić information content (AvgIpc) is 3.27. The van der Waals surface area contributed by atoms with E-state index in [1.165, 1.54) is 5.57 Å². The van der Waals surface area contributed by atoms with Crippen LogP contribution in [0.15, 0.2) is 11.1 Å². The molecule has 48 heavy (non-hydrogen) atoms. The minimum absolute atomic E-state index is 0.0177. The van der Waals surface area contributed by atoms with Gasteiger partial charge in [-0.25, -0.2) is 0 Å². The van der Waals surface area contributed by atoms with E-state index in [2.05, 4.69) is 53.8 Å². The van der Waals surface area contributed by atoms with E-state index >= 15 is 0 Å². The van der Waals surface area contributed by atoms with Gasteiger partial charge in [0.1, 0.15) is 6.10 Å². The standard InChI is InChI=1S/C40H65NO7/c1-23(2)32-26(43)19-40(29(44)22-41-21-24(3)42)18-17-38(9)25(33(32)40)11-12-28-37(8)15-14-30(48-31(45)20-35(4,5)34(46)47)36(6,7)27(37)13-16-39(28,38)10/h23-25,27-30,41-42,44H,11-22H2,1-10H3,(H,46,47)/t24-,25+,27-,28+,29+,30-,37-,38+,39+,40-/m0/s1. The monoisotopic (exact) mass is 671 g/mol. The van der Waals surface area contributed by atoms with E-state index in [1.807, 2.05) is 0 Å². The van der Waals surface area contributed by atoms with E-state index in [4.69, 9.17) is 4.74 Å². The van der Waals surface area contributed by atoms with E-state index in [-0.39, 0.29) is 51.8 Å². The molecular weight excluding hydrogens is 606 g/mol. The first-order valence-electron chi connectivity index (χ1n) is 18.9. The number of ketones is 1. The Morgan fingerprint density at radius 2 is 1.56 bits per heavy atom. The van der Waals surface area contributed by atoms with Crippen LogP contribution in [0.5, 0.6) is 0 Å². The zero-order chi connectivity index (χ0) is 35.8. The fourth-order valence-corrected chi connectivity index (χ4v) is 12.5. The number of hydrogen-bond donors (Lipinski definition) is 4. The van der Waals surface area contributed by atoms with E-state index in [0.717, 1.165) is 56.9 Å². The zero-order valence-electron chi connectivity index (χ0n) is 31.5. The second kappa shape index (κ2) is 12.5. The first-order chi connectivity index (χ1) is 22.1. The van der Waals surface area contributed by atoms with Gasteiger partial charge in [-0.2, -0.15) is 0 Å².